The fraction of sp³-hybridized carbons (Fsp3) is 0. The van der Waals surface area contributed by atoms with Crippen molar-refractivity contribution < 1.29 is 0 Å². The highest BCUT2D eigenvalue weighted by Gasteiger charge is 1.85. The monoisotopic (exact) mass is 145 g/mol. The van der Waals surface area contributed by atoms with Gasteiger partial charge in [-0.3, -0.25) is 0 Å². The highest BCUT2D eigenvalue weighted by molar-refractivity contribution is 5.56. The van der Waals surface area contributed by atoms with Crippen LogP contribution in [0, 0.1) is 0 Å². The minimum atomic E-state index is 0.788. The number of benzene rings is 1. The Morgan fingerprint density at radius 3 is 2.82 bits per heavy atom. The molecular weight excluding hydrogens is 134 g/mol. The Balaban J connectivity index is 2.87. The molecule has 0 aliphatic rings. The number of hydrogen-bond donors (Lipinski definition) is 1. The van der Waals surface area contributed by atoms with E-state index in [1.54, 1.807) is 6.08 Å². The van der Waals surface area contributed by atoms with Gasteiger partial charge in [0.15, 0.2) is 0 Å². The van der Waals surface area contributed by atoms with Crippen molar-refractivity contribution in [3.63, 3.8) is 0 Å². The molecule has 0 fully saturated rings. The molecular formula is C10H11N. The Morgan fingerprint density at radius 1 is 1.36 bits per heavy atom. The molecule has 0 amide bonds. The highest BCUT2D eigenvalue weighted by Crippen LogP contribution is 2.07. The van der Waals surface area contributed by atoms with Gasteiger partial charge in [0, 0.05) is 5.69 Å². The third-order valence-corrected chi connectivity index (χ3v) is 1.34. The van der Waals surface area contributed by atoms with E-state index in [0.29, 0.717) is 0 Å². The summed E-state index contributed by atoms with van der Waals surface area (Å²) in [5, 5.41) is 0. The maximum atomic E-state index is 5.57. The molecule has 0 spiro atoms. The first-order chi connectivity index (χ1) is 5.33. The molecule has 1 aromatic rings. The van der Waals surface area contributed by atoms with Gasteiger partial charge in [-0.15, -0.1) is 0 Å². The molecule has 0 aliphatic heterocycles. The van der Waals surface area contributed by atoms with Gasteiger partial charge in [-0.1, -0.05) is 36.9 Å². The van der Waals surface area contributed by atoms with Gasteiger partial charge < -0.3 is 5.73 Å². The molecule has 0 atom stereocenters. The second kappa shape index (κ2) is 3.62. The van der Waals surface area contributed by atoms with Crippen molar-refractivity contribution in [2.24, 2.45) is 0 Å². The van der Waals surface area contributed by atoms with Crippen LogP contribution < -0.4 is 5.73 Å². The standard InChI is InChI=1S/C10H11N/c1-2-3-5-9-6-4-7-10(11)8-9/h2-8H,1,11H2/b5-3-. The van der Waals surface area contributed by atoms with E-state index < -0.39 is 0 Å². The maximum absolute atomic E-state index is 5.57. The molecule has 1 aromatic carbocycles. The van der Waals surface area contributed by atoms with Crippen molar-refractivity contribution in [3.8, 4) is 0 Å². The molecule has 2 N–H and O–H groups in total. The van der Waals surface area contributed by atoms with E-state index in [1.807, 2.05) is 36.4 Å². The first-order valence-corrected chi connectivity index (χ1v) is 3.47. The topological polar surface area (TPSA) is 26.0 Å². The van der Waals surface area contributed by atoms with Crippen molar-refractivity contribution >= 4 is 11.8 Å². The van der Waals surface area contributed by atoms with Crippen molar-refractivity contribution in [1.82, 2.24) is 0 Å². The number of allylic oxidation sites excluding steroid dienone is 2. The second-order valence-electron chi connectivity index (χ2n) is 2.26. The average molecular weight is 145 g/mol. The van der Waals surface area contributed by atoms with E-state index >= 15 is 0 Å². The Kier molecular flexibility index (Phi) is 2.50. The molecule has 1 nitrogen and oxygen atoms in total. The van der Waals surface area contributed by atoms with E-state index in [-0.39, 0.29) is 0 Å². The number of nitrogens with two attached hydrogens (primary N) is 1. The summed E-state index contributed by atoms with van der Waals surface area (Å²) >= 11 is 0. The predicted molar refractivity (Wildman–Crippen MR) is 50.1 cm³/mol. The Bertz CT molecular complexity index is 274. The lowest BCUT2D eigenvalue weighted by molar-refractivity contribution is 1.64. The fourth-order valence-electron chi connectivity index (χ4n) is 0.842. The summed E-state index contributed by atoms with van der Waals surface area (Å²) in [4.78, 5) is 0. The van der Waals surface area contributed by atoms with Gasteiger partial charge in [-0.25, -0.2) is 0 Å². The first-order valence-electron chi connectivity index (χ1n) is 3.47. The molecule has 0 bridgehead atoms. The third kappa shape index (κ3) is 2.30. The summed E-state index contributed by atoms with van der Waals surface area (Å²) in [6, 6.07) is 7.71. The highest BCUT2D eigenvalue weighted by atomic mass is 14.5. The largest absolute Gasteiger partial charge is 0.399 e. The lowest BCUT2D eigenvalue weighted by atomic mass is 10.2. The molecule has 56 valence electrons. The van der Waals surface area contributed by atoms with Gasteiger partial charge in [-0.2, -0.15) is 0 Å². The molecule has 0 unspecified atom stereocenters. The SMILES string of the molecule is C=C/C=C\c1cccc(N)c1. The number of nitrogen functional groups attached to an aromatic ring is 1. The van der Waals surface area contributed by atoms with E-state index in [1.165, 1.54) is 0 Å². The average Bonchev–Trinajstić information content (AvgIpc) is 2.01. The van der Waals surface area contributed by atoms with Crippen LogP contribution in [0.2, 0.25) is 0 Å². The maximum Gasteiger partial charge on any atom is 0.0319 e. The Morgan fingerprint density at radius 2 is 2.18 bits per heavy atom. The number of anilines is 1. The van der Waals surface area contributed by atoms with Crippen LogP contribution in [0.4, 0.5) is 5.69 Å². The zero-order valence-corrected chi connectivity index (χ0v) is 6.33. The van der Waals surface area contributed by atoms with E-state index in [2.05, 4.69) is 6.58 Å². The quantitative estimate of drug-likeness (QED) is 0.502. The van der Waals surface area contributed by atoms with E-state index in [4.69, 9.17) is 5.73 Å². The van der Waals surface area contributed by atoms with Gasteiger partial charge in [0.05, 0.1) is 0 Å². The van der Waals surface area contributed by atoms with Crippen LogP contribution in [0.25, 0.3) is 6.08 Å². The van der Waals surface area contributed by atoms with Crippen LogP contribution in [0.15, 0.2) is 43.0 Å². The Labute approximate surface area is 66.9 Å². The summed E-state index contributed by atoms with van der Waals surface area (Å²) in [5.41, 5.74) is 7.46. The van der Waals surface area contributed by atoms with Gasteiger partial charge in [0.25, 0.3) is 0 Å². The number of hydrogen-bond acceptors (Lipinski definition) is 1. The zero-order chi connectivity index (χ0) is 8.10. The van der Waals surface area contributed by atoms with Crippen LogP contribution in [0.3, 0.4) is 0 Å². The van der Waals surface area contributed by atoms with Crippen LogP contribution in [0.5, 0.6) is 0 Å². The predicted octanol–water partition coefficient (Wildman–Crippen LogP) is 2.47. The van der Waals surface area contributed by atoms with Crippen LogP contribution in [-0.4, -0.2) is 0 Å². The van der Waals surface area contributed by atoms with Gasteiger partial charge >= 0.3 is 0 Å². The molecule has 0 aliphatic carbocycles. The minimum absolute atomic E-state index is 0.788. The fourth-order valence-corrected chi connectivity index (χ4v) is 0.842. The first kappa shape index (κ1) is 7.61. The molecule has 1 rings (SSSR count). The normalized spacial score (nSPS) is 10.2. The summed E-state index contributed by atoms with van der Waals surface area (Å²) in [6.45, 7) is 3.58. The van der Waals surface area contributed by atoms with Crippen molar-refractivity contribution in [2.45, 2.75) is 0 Å². The molecule has 0 aromatic heterocycles. The Hall–Kier alpha value is -1.50. The zero-order valence-electron chi connectivity index (χ0n) is 6.33. The van der Waals surface area contributed by atoms with Gasteiger partial charge in [0.2, 0.25) is 0 Å². The second-order valence-corrected chi connectivity index (χ2v) is 2.26. The number of rotatable bonds is 2. The van der Waals surface area contributed by atoms with E-state index in [0.717, 1.165) is 11.3 Å². The molecule has 0 heterocycles. The van der Waals surface area contributed by atoms with Crippen LogP contribution in [-0.2, 0) is 0 Å². The van der Waals surface area contributed by atoms with E-state index in [9.17, 15) is 0 Å². The third-order valence-electron chi connectivity index (χ3n) is 1.34. The smallest absolute Gasteiger partial charge is 0.0319 e. The summed E-state index contributed by atoms with van der Waals surface area (Å²) in [7, 11) is 0. The van der Waals surface area contributed by atoms with Crippen molar-refractivity contribution in [3.05, 3.63) is 48.6 Å². The van der Waals surface area contributed by atoms with Crippen LogP contribution in [0.1, 0.15) is 5.56 Å². The van der Waals surface area contributed by atoms with Gasteiger partial charge in [0.1, 0.15) is 0 Å². The van der Waals surface area contributed by atoms with Crippen molar-refractivity contribution in [2.75, 3.05) is 5.73 Å². The molecule has 11 heavy (non-hydrogen) atoms. The lowest BCUT2D eigenvalue weighted by Gasteiger charge is -1.93. The molecule has 0 saturated heterocycles. The summed E-state index contributed by atoms with van der Waals surface area (Å²) < 4.78 is 0. The van der Waals surface area contributed by atoms with Crippen LogP contribution >= 0.6 is 0 Å². The summed E-state index contributed by atoms with van der Waals surface area (Å²) in [6.07, 6.45) is 5.58. The lowest BCUT2D eigenvalue weighted by Crippen LogP contribution is -1.83. The minimum Gasteiger partial charge on any atom is -0.399 e. The molecule has 0 radical (unpaired) electrons. The van der Waals surface area contributed by atoms with Gasteiger partial charge in [-0.05, 0) is 17.7 Å². The van der Waals surface area contributed by atoms with Crippen molar-refractivity contribution in [1.29, 1.82) is 0 Å². The molecule has 0 saturated carbocycles. The summed E-state index contributed by atoms with van der Waals surface area (Å²) in [5.74, 6) is 0. The molecule has 1 heteroatoms.